The molecule has 0 radical (unpaired) electrons. The number of rotatable bonds is 7. The van der Waals surface area contributed by atoms with Crippen LogP contribution in [0.3, 0.4) is 0 Å². The summed E-state index contributed by atoms with van der Waals surface area (Å²) in [6.45, 7) is 5.52. The molecule has 0 atom stereocenters. The van der Waals surface area contributed by atoms with Crippen LogP contribution in [-0.2, 0) is 18.7 Å². The van der Waals surface area contributed by atoms with E-state index in [2.05, 4.69) is 30.9 Å². The predicted octanol–water partition coefficient (Wildman–Crippen LogP) is 4.63. The van der Waals surface area contributed by atoms with E-state index >= 15 is 0 Å². The summed E-state index contributed by atoms with van der Waals surface area (Å²) in [4.78, 5) is 6.36. The van der Waals surface area contributed by atoms with Gasteiger partial charge in [0.25, 0.3) is 0 Å². The lowest BCUT2D eigenvalue weighted by Gasteiger charge is -2.20. The SMILES string of the molecule is CNCc1sc(CSC2CCCCC2)nc1CC(C)C. The van der Waals surface area contributed by atoms with Crippen LogP contribution in [0.5, 0.6) is 0 Å². The van der Waals surface area contributed by atoms with E-state index < -0.39 is 0 Å². The fourth-order valence-electron chi connectivity index (χ4n) is 2.76. The summed E-state index contributed by atoms with van der Waals surface area (Å²) in [5.41, 5.74) is 1.33. The number of nitrogens with one attached hydrogen (secondary N) is 1. The summed E-state index contributed by atoms with van der Waals surface area (Å²) in [6.07, 6.45) is 8.25. The predicted molar refractivity (Wildman–Crippen MR) is 91.6 cm³/mol. The van der Waals surface area contributed by atoms with Crippen molar-refractivity contribution in [2.75, 3.05) is 7.05 Å². The fourth-order valence-corrected chi connectivity index (χ4v) is 5.22. The average molecular weight is 313 g/mol. The molecule has 20 heavy (non-hydrogen) atoms. The normalized spacial score (nSPS) is 17.0. The summed E-state index contributed by atoms with van der Waals surface area (Å²) in [7, 11) is 2.02. The quantitative estimate of drug-likeness (QED) is 0.795. The van der Waals surface area contributed by atoms with Crippen LogP contribution in [0.1, 0.15) is 61.5 Å². The second-order valence-electron chi connectivity index (χ2n) is 6.18. The van der Waals surface area contributed by atoms with Crippen LogP contribution >= 0.6 is 23.1 Å². The molecule has 0 bridgehead atoms. The molecule has 0 unspecified atom stereocenters. The molecule has 2 nitrogen and oxygen atoms in total. The highest BCUT2D eigenvalue weighted by Crippen LogP contribution is 2.32. The van der Waals surface area contributed by atoms with Gasteiger partial charge in [-0.25, -0.2) is 4.98 Å². The van der Waals surface area contributed by atoms with Crippen molar-refractivity contribution < 1.29 is 0 Å². The molecule has 1 fully saturated rings. The lowest BCUT2D eigenvalue weighted by Crippen LogP contribution is -2.08. The molecule has 1 aromatic heterocycles. The van der Waals surface area contributed by atoms with Crippen molar-refractivity contribution in [3.05, 3.63) is 15.6 Å². The first-order valence-electron chi connectivity index (χ1n) is 7.92. The number of hydrogen-bond donors (Lipinski definition) is 1. The van der Waals surface area contributed by atoms with E-state index in [1.165, 1.54) is 47.7 Å². The molecule has 0 spiro atoms. The van der Waals surface area contributed by atoms with Crippen LogP contribution < -0.4 is 5.32 Å². The molecule has 0 saturated heterocycles. The van der Waals surface area contributed by atoms with E-state index in [4.69, 9.17) is 4.98 Å². The Balaban J connectivity index is 1.92. The monoisotopic (exact) mass is 312 g/mol. The van der Waals surface area contributed by atoms with Gasteiger partial charge >= 0.3 is 0 Å². The molecule has 1 aliphatic rings. The van der Waals surface area contributed by atoms with Crippen molar-refractivity contribution in [3.8, 4) is 0 Å². The summed E-state index contributed by atoms with van der Waals surface area (Å²) in [6, 6.07) is 0. The molecule has 0 aliphatic heterocycles. The number of nitrogens with zero attached hydrogens (tertiary/aromatic N) is 1. The van der Waals surface area contributed by atoms with Crippen molar-refractivity contribution in [1.82, 2.24) is 10.3 Å². The third-order valence-electron chi connectivity index (χ3n) is 3.76. The van der Waals surface area contributed by atoms with E-state index in [1.54, 1.807) is 0 Å². The Hall–Kier alpha value is -0.0600. The Kier molecular flexibility index (Phi) is 6.85. The first-order valence-corrected chi connectivity index (χ1v) is 9.79. The van der Waals surface area contributed by atoms with Gasteiger partial charge in [0.05, 0.1) is 5.69 Å². The second kappa shape index (κ2) is 8.40. The standard InChI is InChI=1S/C16H28N2S2/c1-12(2)9-14-15(10-17-3)20-16(18-14)11-19-13-7-5-4-6-8-13/h12-13,17H,4-11H2,1-3H3. The zero-order valence-corrected chi connectivity index (χ0v) is 14.7. The van der Waals surface area contributed by atoms with Crippen LogP contribution in [0.2, 0.25) is 0 Å². The van der Waals surface area contributed by atoms with Gasteiger partial charge in [0.1, 0.15) is 5.01 Å². The molecular weight excluding hydrogens is 284 g/mol. The van der Waals surface area contributed by atoms with Gasteiger partial charge in [0.2, 0.25) is 0 Å². The van der Waals surface area contributed by atoms with Gasteiger partial charge in [-0.2, -0.15) is 11.8 Å². The highest BCUT2D eigenvalue weighted by Gasteiger charge is 2.16. The minimum atomic E-state index is 0.687. The van der Waals surface area contributed by atoms with Gasteiger partial charge in [-0.1, -0.05) is 33.1 Å². The van der Waals surface area contributed by atoms with Gasteiger partial charge in [-0.15, -0.1) is 11.3 Å². The summed E-state index contributed by atoms with van der Waals surface area (Å²) < 4.78 is 0. The fraction of sp³-hybridized carbons (Fsp3) is 0.812. The van der Waals surface area contributed by atoms with Crippen molar-refractivity contribution in [3.63, 3.8) is 0 Å². The van der Waals surface area contributed by atoms with Gasteiger partial charge < -0.3 is 5.32 Å². The first-order chi connectivity index (χ1) is 9.69. The highest BCUT2D eigenvalue weighted by molar-refractivity contribution is 7.99. The molecule has 114 valence electrons. The minimum Gasteiger partial charge on any atom is -0.315 e. The number of aromatic nitrogens is 1. The van der Waals surface area contributed by atoms with Crippen LogP contribution in [-0.4, -0.2) is 17.3 Å². The van der Waals surface area contributed by atoms with E-state index in [-0.39, 0.29) is 0 Å². The van der Waals surface area contributed by atoms with Gasteiger partial charge in [-0.3, -0.25) is 0 Å². The molecule has 1 aromatic rings. The Morgan fingerprint density at radius 1 is 1.30 bits per heavy atom. The smallest absolute Gasteiger partial charge is 0.103 e. The first kappa shape index (κ1) is 16.3. The van der Waals surface area contributed by atoms with E-state index in [0.717, 1.165) is 24.0 Å². The van der Waals surface area contributed by atoms with E-state index in [9.17, 15) is 0 Å². The Bertz CT molecular complexity index is 395. The van der Waals surface area contributed by atoms with Crippen molar-refractivity contribution in [1.29, 1.82) is 0 Å². The summed E-state index contributed by atoms with van der Waals surface area (Å²) >= 11 is 4.06. The maximum Gasteiger partial charge on any atom is 0.103 e. The van der Waals surface area contributed by atoms with Gasteiger partial charge in [0.15, 0.2) is 0 Å². The maximum atomic E-state index is 4.91. The molecule has 4 heteroatoms. The van der Waals surface area contributed by atoms with Gasteiger partial charge in [0, 0.05) is 22.4 Å². The maximum absolute atomic E-state index is 4.91. The number of thioether (sulfide) groups is 1. The molecule has 1 N–H and O–H groups in total. The third kappa shape index (κ3) is 5.05. The van der Waals surface area contributed by atoms with Crippen LogP contribution in [0, 0.1) is 5.92 Å². The number of hydrogen-bond acceptors (Lipinski definition) is 4. The van der Waals surface area contributed by atoms with E-state index in [0.29, 0.717) is 5.92 Å². The third-order valence-corrected chi connectivity index (χ3v) is 6.42. The molecule has 0 amide bonds. The van der Waals surface area contributed by atoms with Crippen molar-refractivity contribution in [2.24, 2.45) is 5.92 Å². The minimum absolute atomic E-state index is 0.687. The average Bonchev–Trinajstić information content (AvgIpc) is 2.80. The summed E-state index contributed by atoms with van der Waals surface area (Å²) in [5, 5.41) is 5.50. The van der Waals surface area contributed by atoms with Crippen molar-refractivity contribution in [2.45, 2.75) is 69.9 Å². The van der Waals surface area contributed by atoms with Crippen LogP contribution in [0.15, 0.2) is 0 Å². The molecular formula is C16H28N2S2. The number of thiazole rings is 1. The van der Waals surface area contributed by atoms with Crippen molar-refractivity contribution >= 4 is 23.1 Å². The molecule has 1 saturated carbocycles. The van der Waals surface area contributed by atoms with Crippen LogP contribution in [0.4, 0.5) is 0 Å². The lowest BCUT2D eigenvalue weighted by atomic mass is 10.0. The zero-order chi connectivity index (χ0) is 14.4. The summed E-state index contributed by atoms with van der Waals surface area (Å²) in [5.74, 6) is 1.80. The second-order valence-corrected chi connectivity index (χ2v) is 8.63. The van der Waals surface area contributed by atoms with Gasteiger partial charge in [-0.05, 0) is 32.2 Å². The molecule has 2 rings (SSSR count). The molecule has 0 aromatic carbocycles. The highest BCUT2D eigenvalue weighted by atomic mass is 32.2. The largest absolute Gasteiger partial charge is 0.315 e. The topological polar surface area (TPSA) is 24.9 Å². The Morgan fingerprint density at radius 3 is 2.70 bits per heavy atom. The Labute approximate surface area is 132 Å². The Morgan fingerprint density at radius 2 is 2.05 bits per heavy atom. The van der Waals surface area contributed by atoms with E-state index in [1.807, 2.05) is 18.4 Å². The molecule has 1 aliphatic carbocycles. The molecule has 1 heterocycles. The lowest BCUT2D eigenvalue weighted by molar-refractivity contribution is 0.516. The van der Waals surface area contributed by atoms with Crippen LogP contribution in [0.25, 0.3) is 0 Å². The zero-order valence-electron chi connectivity index (χ0n) is 13.1.